The van der Waals surface area contributed by atoms with Gasteiger partial charge in [-0.25, -0.2) is 4.98 Å². The molecule has 0 unspecified atom stereocenters. The van der Waals surface area contributed by atoms with Crippen molar-refractivity contribution < 1.29 is 4.79 Å². The predicted octanol–water partition coefficient (Wildman–Crippen LogP) is 1.57. The van der Waals surface area contributed by atoms with Crippen molar-refractivity contribution in [2.45, 2.75) is 26.2 Å². The molecule has 1 aliphatic heterocycles. The zero-order valence-corrected chi connectivity index (χ0v) is 12.4. The van der Waals surface area contributed by atoms with Crippen molar-refractivity contribution in [1.82, 2.24) is 19.5 Å². The van der Waals surface area contributed by atoms with Crippen molar-refractivity contribution in [3.8, 4) is 0 Å². The summed E-state index contributed by atoms with van der Waals surface area (Å²) >= 11 is 0. The van der Waals surface area contributed by atoms with Crippen LogP contribution in [-0.2, 0) is 4.79 Å². The van der Waals surface area contributed by atoms with Crippen LogP contribution >= 0.6 is 0 Å². The van der Waals surface area contributed by atoms with E-state index >= 15 is 0 Å². The zero-order valence-electron chi connectivity index (χ0n) is 12.4. The maximum absolute atomic E-state index is 12.1. The van der Waals surface area contributed by atoms with E-state index in [1.165, 1.54) is 0 Å². The number of amides is 1. The third-order valence-corrected chi connectivity index (χ3v) is 3.97. The van der Waals surface area contributed by atoms with Crippen molar-refractivity contribution in [2.24, 2.45) is 0 Å². The molecule has 6 nitrogen and oxygen atoms in total. The van der Waals surface area contributed by atoms with E-state index in [1.807, 2.05) is 27.7 Å². The summed E-state index contributed by atoms with van der Waals surface area (Å²) in [4.78, 5) is 20.6. The van der Waals surface area contributed by atoms with E-state index < -0.39 is 0 Å². The Morgan fingerprint density at radius 3 is 2.76 bits per heavy atom. The SMILES string of the molecule is CCCCC(=O)N1CCN(c2ccnc3ccnn23)CC1. The van der Waals surface area contributed by atoms with Gasteiger partial charge in [0.2, 0.25) is 5.91 Å². The Hall–Kier alpha value is -2.11. The van der Waals surface area contributed by atoms with Gasteiger partial charge in [0, 0.05) is 44.9 Å². The molecule has 0 bridgehead atoms. The molecule has 0 spiro atoms. The van der Waals surface area contributed by atoms with Crippen LogP contribution in [0.5, 0.6) is 0 Å². The van der Waals surface area contributed by atoms with E-state index in [9.17, 15) is 4.79 Å². The minimum absolute atomic E-state index is 0.287. The molecule has 112 valence electrons. The first-order chi connectivity index (χ1) is 10.3. The van der Waals surface area contributed by atoms with Gasteiger partial charge in [0.05, 0.1) is 6.20 Å². The highest BCUT2D eigenvalue weighted by Gasteiger charge is 2.22. The smallest absolute Gasteiger partial charge is 0.222 e. The molecule has 3 rings (SSSR count). The Labute approximate surface area is 124 Å². The number of carbonyl (C=O) groups is 1. The van der Waals surface area contributed by atoms with Crippen LogP contribution in [0.25, 0.3) is 5.65 Å². The lowest BCUT2D eigenvalue weighted by Crippen LogP contribution is -2.49. The molecule has 1 fully saturated rings. The van der Waals surface area contributed by atoms with Crippen molar-refractivity contribution in [3.63, 3.8) is 0 Å². The van der Waals surface area contributed by atoms with Crippen molar-refractivity contribution in [3.05, 3.63) is 24.5 Å². The monoisotopic (exact) mass is 287 g/mol. The summed E-state index contributed by atoms with van der Waals surface area (Å²) in [5.41, 5.74) is 0.856. The first-order valence-corrected chi connectivity index (χ1v) is 7.61. The van der Waals surface area contributed by atoms with Crippen LogP contribution in [-0.4, -0.2) is 51.6 Å². The maximum atomic E-state index is 12.1. The first kappa shape index (κ1) is 13.9. The van der Waals surface area contributed by atoms with Crippen LogP contribution in [0.3, 0.4) is 0 Å². The highest BCUT2D eigenvalue weighted by Crippen LogP contribution is 2.17. The summed E-state index contributed by atoms with van der Waals surface area (Å²) in [6.45, 7) is 5.37. The lowest BCUT2D eigenvalue weighted by Gasteiger charge is -2.36. The molecule has 0 aromatic carbocycles. The molecule has 6 heteroatoms. The molecule has 3 heterocycles. The van der Waals surface area contributed by atoms with Gasteiger partial charge in [-0.1, -0.05) is 13.3 Å². The molecule has 0 saturated carbocycles. The normalized spacial score (nSPS) is 15.7. The lowest BCUT2D eigenvalue weighted by atomic mass is 10.2. The average Bonchev–Trinajstić information content (AvgIpc) is 3.01. The van der Waals surface area contributed by atoms with Crippen LogP contribution in [0.2, 0.25) is 0 Å². The summed E-state index contributed by atoms with van der Waals surface area (Å²) < 4.78 is 1.86. The van der Waals surface area contributed by atoms with Gasteiger partial charge in [-0.05, 0) is 12.5 Å². The molecule has 2 aromatic heterocycles. The molecule has 0 radical (unpaired) electrons. The summed E-state index contributed by atoms with van der Waals surface area (Å²) in [5, 5.41) is 4.32. The largest absolute Gasteiger partial charge is 0.353 e. The number of aromatic nitrogens is 3. The fourth-order valence-corrected chi connectivity index (χ4v) is 2.73. The lowest BCUT2D eigenvalue weighted by molar-refractivity contribution is -0.131. The molecule has 0 N–H and O–H groups in total. The summed E-state index contributed by atoms with van der Waals surface area (Å²) in [6.07, 6.45) is 6.30. The molecule has 1 aliphatic rings. The number of carbonyl (C=O) groups excluding carboxylic acids is 1. The van der Waals surface area contributed by atoms with E-state index in [2.05, 4.69) is 21.9 Å². The van der Waals surface area contributed by atoms with Gasteiger partial charge >= 0.3 is 0 Å². The van der Waals surface area contributed by atoms with Gasteiger partial charge in [-0.3, -0.25) is 4.79 Å². The second-order valence-electron chi connectivity index (χ2n) is 5.38. The fourth-order valence-electron chi connectivity index (χ4n) is 2.73. The molecule has 2 aromatic rings. The minimum atomic E-state index is 0.287. The van der Waals surface area contributed by atoms with Crippen LogP contribution < -0.4 is 4.90 Å². The number of fused-ring (bicyclic) bond motifs is 1. The van der Waals surface area contributed by atoms with Crippen molar-refractivity contribution in [2.75, 3.05) is 31.1 Å². The Morgan fingerprint density at radius 2 is 2.00 bits per heavy atom. The van der Waals surface area contributed by atoms with Crippen LogP contribution in [0, 0.1) is 0 Å². The maximum Gasteiger partial charge on any atom is 0.222 e. The highest BCUT2D eigenvalue weighted by molar-refractivity contribution is 5.76. The number of piperazine rings is 1. The summed E-state index contributed by atoms with van der Waals surface area (Å²) in [7, 11) is 0. The van der Waals surface area contributed by atoms with E-state index in [0.29, 0.717) is 6.42 Å². The molecular weight excluding hydrogens is 266 g/mol. The number of rotatable bonds is 4. The van der Waals surface area contributed by atoms with E-state index in [1.54, 1.807) is 6.20 Å². The van der Waals surface area contributed by atoms with Crippen molar-refractivity contribution in [1.29, 1.82) is 0 Å². The summed E-state index contributed by atoms with van der Waals surface area (Å²) in [6, 6.07) is 3.88. The van der Waals surface area contributed by atoms with Crippen LogP contribution in [0.1, 0.15) is 26.2 Å². The van der Waals surface area contributed by atoms with Gasteiger partial charge in [0.15, 0.2) is 5.65 Å². The number of hydrogen-bond donors (Lipinski definition) is 0. The van der Waals surface area contributed by atoms with E-state index in [0.717, 1.165) is 50.5 Å². The third-order valence-electron chi connectivity index (χ3n) is 3.97. The number of hydrogen-bond acceptors (Lipinski definition) is 4. The Bertz CT molecular complexity index is 615. The van der Waals surface area contributed by atoms with Gasteiger partial charge < -0.3 is 9.80 Å². The second-order valence-corrected chi connectivity index (χ2v) is 5.38. The third kappa shape index (κ3) is 2.84. The standard InChI is InChI=1S/C15H21N5O/c1-2-3-4-15(21)19-11-9-18(10-12-19)14-6-7-16-13-5-8-17-20(13)14/h5-8H,2-4,9-12H2,1H3. The number of anilines is 1. The Morgan fingerprint density at radius 1 is 1.19 bits per heavy atom. The van der Waals surface area contributed by atoms with E-state index in [-0.39, 0.29) is 5.91 Å². The second kappa shape index (κ2) is 6.11. The minimum Gasteiger partial charge on any atom is -0.353 e. The van der Waals surface area contributed by atoms with Gasteiger partial charge in [-0.2, -0.15) is 9.61 Å². The van der Waals surface area contributed by atoms with Crippen molar-refractivity contribution >= 4 is 17.4 Å². The van der Waals surface area contributed by atoms with Crippen LogP contribution in [0.15, 0.2) is 24.5 Å². The van der Waals surface area contributed by atoms with Crippen LogP contribution in [0.4, 0.5) is 5.82 Å². The average molecular weight is 287 g/mol. The molecule has 0 aliphatic carbocycles. The number of unbranched alkanes of at least 4 members (excludes halogenated alkanes) is 1. The number of nitrogens with zero attached hydrogens (tertiary/aromatic N) is 5. The Kier molecular flexibility index (Phi) is 4.03. The molecule has 1 amide bonds. The quantitative estimate of drug-likeness (QED) is 0.856. The highest BCUT2D eigenvalue weighted by atomic mass is 16.2. The molecule has 1 saturated heterocycles. The molecular formula is C15H21N5O. The summed E-state index contributed by atoms with van der Waals surface area (Å²) in [5.74, 6) is 1.33. The fraction of sp³-hybridized carbons (Fsp3) is 0.533. The Balaban J connectivity index is 1.66. The van der Waals surface area contributed by atoms with Gasteiger partial charge in [-0.15, -0.1) is 0 Å². The topological polar surface area (TPSA) is 53.7 Å². The van der Waals surface area contributed by atoms with Gasteiger partial charge in [0.1, 0.15) is 5.82 Å². The predicted molar refractivity (Wildman–Crippen MR) is 81.3 cm³/mol. The van der Waals surface area contributed by atoms with E-state index in [4.69, 9.17) is 0 Å². The molecule has 0 atom stereocenters. The first-order valence-electron chi connectivity index (χ1n) is 7.61. The molecule has 21 heavy (non-hydrogen) atoms. The van der Waals surface area contributed by atoms with Gasteiger partial charge in [0.25, 0.3) is 0 Å². The zero-order chi connectivity index (χ0) is 14.7.